The summed E-state index contributed by atoms with van der Waals surface area (Å²) in [6, 6.07) is 2.13. The number of anilines is 2. The number of ketones is 1. The molecule has 164 valence electrons. The van der Waals surface area contributed by atoms with E-state index in [1.165, 1.54) is 31.5 Å². The van der Waals surface area contributed by atoms with Crippen LogP contribution in [0.1, 0.15) is 41.8 Å². The molecule has 0 spiro atoms. The van der Waals surface area contributed by atoms with Crippen LogP contribution in [0.15, 0.2) is 40.1 Å². The van der Waals surface area contributed by atoms with E-state index < -0.39 is 0 Å². The Morgan fingerprint density at radius 2 is 2.03 bits per heavy atom. The SMILES string of the molecule is Cc1ncc(CCN2CCCC2)cc1Nc1ncc2c(n1)C1=C(CC=C(Cl)C=N1)C(=O)C2. The fraction of sp³-hybridized carbons (Fsp3) is 0.375. The van der Waals surface area contributed by atoms with Gasteiger partial charge in [-0.1, -0.05) is 17.7 Å². The number of fused-ring (bicyclic) bond motifs is 2. The molecule has 8 heteroatoms. The number of aryl methyl sites for hydroxylation is 1. The quantitative estimate of drug-likeness (QED) is 0.744. The zero-order chi connectivity index (χ0) is 22.1. The summed E-state index contributed by atoms with van der Waals surface area (Å²) in [7, 11) is 0. The molecule has 5 rings (SSSR count). The number of nitrogens with zero attached hydrogens (tertiary/aromatic N) is 5. The number of aromatic nitrogens is 3. The Morgan fingerprint density at radius 1 is 1.19 bits per heavy atom. The van der Waals surface area contributed by atoms with Crippen molar-refractivity contribution in [3.8, 4) is 0 Å². The predicted molar refractivity (Wildman–Crippen MR) is 126 cm³/mol. The number of hydrogen-bond acceptors (Lipinski definition) is 7. The van der Waals surface area contributed by atoms with Gasteiger partial charge in [-0.15, -0.1) is 0 Å². The third-order valence-corrected chi connectivity index (χ3v) is 6.44. The Kier molecular flexibility index (Phi) is 5.85. The molecule has 0 saturated carbocycles. The Hall–Kier alpha value is -2.90. The maximum atomic E-state index is 12.6. The van der Waals surface area contributed by atoms with Gasteiger partial charge in [-0.2, -0.15) is 0 Å². The minimum atomic E-state index is 0.0438. The lowest BCUT2D eigenvalue weighted by Crippen LogP contribution is -2.22. The molecule has 1 fully saturated rings. The van der Waals surface area contributed by atoms with Crippen LogP contribution in [0.5, 0.6) is 0 Å². The van der Waals surface area contributed by atoms with Crippen molar-refractivity contribution in [1.82, 2.24) is 19.9 Å². The Labute approximate surface area is 192 Å². The van der Waals surface area contributed by atoms with Crippen LogP contribution >= 0.6 is 11.6 Å². The average Bonchev–Trinajstić information content (AvgIpc) is 3.23. The standard InChI is InChI=1S/C24H25ClN6O/c1-15-20(10-16(12-26-15)6-9-31-7-2-3-8-31)29-24-28-13-17-11-21(32)19-5-4-18(25)14-27-23(19)22(17)30-24/h4,10,12-14H,2-3,5-9,11H2,1H3,(H,28,29,30). The minimum Gasteiger partial charge on any atom is -0.323 e. The number of rotatable bonds is 5. The molecule has 0 aromatic carbocycles. The van der Waals surface area contributed by atoms with Crippen LogP contribution in [-0.4, -0.2) is 51.5 Å². The first-order valence-corrected chi connectivity index (χ1v) is 11.4. The van der Waals surface area contributed by atoms with E-state index in [0.717, 1.165) is 29.9 Å². The van der Waals surface area contributed by atoms with Crippen molar-refractivity contribution in [3.05, 3.63) is 57.7 Å². The van der Waals surface area contributed by atoms with Crippen LogP contribution < -0.4 is 5.32 Å². The second-order valence-electron chi connectivity index (χ2n) is 8.45. The molecule has 0 atom stereocenters. The van der Waals surface area contributed by atoms with Gasteiger partial charge in [-0.05, 0) is 57.3 Å². The monoisotopic (exact) mass is 448 g/mol. The molecule has 0 radical (unpaired) electrons. The topological polar surface area (TPSA) is 83.4 Å². The summed E-state index contributed by atoms with van der Waals surface area (Å²) in [5.41, 5.74) is 5.66. The molecule has 4 heterocycles. The lowest BCUT2D eigenvalue weighted by molar-refractivity contribution is -0.115. The highest BCUT2D eigenvalue weighted by atomic mass is 35.5. The number of nitrogens with one attached hydrogen (secondary N) is 1. The molecule has 32 heavy (non-hydrogen) atoms. The van der Waals surface area contributed by atoms with E-state index in [1.54, 1.807) is 18.5 Å². The first-order chi connectivity index (χ1) is 15.6. The van der Waals surface area contributed by atoms with Gasteiger partial charge >= 0.3 is 0 Å². The third-order valence-electron chi connectivity index (χ3n) is 6.19. The summed E-state index contributed by atoms with van der Waals surface area (Å²) in [6.45, 7) is 5.40. The highest BCUT2D eigenvalue weighted by Gasteiger charge is 2.27. The summed E-state index contributed by atoms with van der Waals surface area (Å²) >= 11 is 6.12. The molecule has 2 aromatic rings. The minimum absolute atomic E-state index is 0.0438. The number of halogens is 1. The van der Waals surface area contributed by atoms with Gasteiger partial charge in [0.15, 0.2) is 5.78 Å². The van der Waals surface area contributed by atoms with E-state index in [2.05, 4.69) is 31.2 Å². The smallest absolute Gasteiger partial charge is 0.227 e. The maximum absolute atomic E-state index is 12.6. The molecular formula is C24H25ClN6O. The maximum Gasteiger partial charge on any atom is 0.227 e. The third kappa shape index (κ3) is 4.36. The first kappa shape index (κ1) is 21.0. The molecule has 2 aromatic heterocycles. The van der Waals surface area contributed by atoms with E-state index in [0.29, 0.717) is 34.4 Å². The van der Waals surface area contributed by atoms with Crippen molar-refractivity contribution in [1.29, 1.82) is 0 Å². The summed E-state index contributed by atoms with van der Waals surface area (Å²) in [6.07, 6.45) is 11.3. The molecule has 7 nitrogen and oxygen atoms in total. The number of Topliss-reactive ketones (excluding diaryl/α,β-unsaturated/α-hetero) is 1. The average molecular weight is 449 g/mol. The molecule has 0 amide bonds. The molecule has 1 aliphatic carbocycles. The fourth-order valence-electron chi connectivity index (χ4n) is 4.34. The van der Waals surface area contributed by atoms with Crippen molar-refractivity contribution in [2.24, 2.45) is 4.99 Å². The summed E-state index contributed by atoms with van der Waals surface area (Å²) in [5, 5.41) is 3.85. The number of allylic oxidation sites excluding steroid dienone is 3. The second-order valence-corrected chi connectivity index (χ2v) is 8.88. The van der Waals surface area contributed by atoms with E-state index in [-0.39, 0.29) is 12.2 Å². The Morgan fingerprint density at radius 3 is 2.88 bits per heavy atom. The second kappa shape index (κ2) is 8.92. The Bertz CT molecular complexity index is 1160. The van der Waals surface area contributed by atoms with Gasteiger partial charge in [-0.3, -0.25) is 14.8 Å². The largest absolute Gasteiger partial charge is 0.323 e. The number of carbonyl (C=O) groups is 1. The number of carbonyl (C=O) groups excluding carboxylic acids is 1. The lowest BCUT2D eigenvalue weighted by Gasteiger charge is -2.19. The van der Waals surface area contributed by atoms with Crippen LogP contribution in [0.4, 0.5) is 11.6 Å². The van der Waals surface area contributed by atoms with Crippen LogP contribution in [-0.2, 0) is 17.6 Å². The van der Waals surface area contributed by atoms with E-state index in [9.17, 15) is 4.79 Å². The number of aliphatic imine (C=N–C) groups is 1. The summed E-state index contributed by atoms with van der Waals surface area (Å²) in [5.74, 6) is 0.507. The lowest BCUT2D eigenvalue weighted by atomic mass is 9.91. The van der Waals surface area contributed by atoms with Gasteiger partial charge in [0.1, 0.15) is 0 Å². The summed E-state index contributed by atoms with van der Waals surface area (Å²) < 4.78 is 0. The zero-order valence-electron chi connectivity index (χ0n) is 18.1. The van der Waals surface area contributed by atoms with Gasteiger partial charge in [0, 0.05) is 42.7 Å². The van der Waals surface area contributed by atoms with Gasteiger partial charge < -0.3 is 10.2 Å². The zero-order valence-corrected chi connectivity index (χ0v) is 18.8. The van der Waals surface area contributed by atoms with Crippen LogP contribution in [0.2, 0.25) is 0 Å². The summed E-state index contributed by atoms with van der Waals surface area (Å²) in [4.78, 5) is 33.3. The van der Waals surface area contributed by atoms with Gasteiger partial charge in [0.25, 0.3) is 0 Å². The molecule has 3 aliphatic rings. The molecule has 1 saturated heterocycles. The normalized spacial score (nSPS) is 18.3. The molecule has 0 bridgehead atoms. The molecular weight excluding hydrogens is 424 g/mol. The van der Waals surface area contributed by atoms with Gasteiger partial charge in [-0.25, -0.2) is 9.97 Å². The Balaban J connectivity index is 1.39. The van der Waals surface area contributed by atoms with Crippen molar-refractivity contribution in [2.75, 3.05) is 25.0 Å². The van der Waals surface area contributed by atoms with Gasteiger partial charge in [0.05, 0.1) is 27.8 Å². The highest BCUT2D eigenvalue weighted by Crippen LogP contribution is 2.33. The van der Waals surface area contributed by atoms with Crippen molar-refractivity contribution >= 4 is 40.9 Å². The fourth-order valence-corrected chi connectivity index (χ4v) is 4.46. The highest BCUT2D eigenvalue weighted by molar-refractivity contribution is 6.39. The van der Waals surface area contributed by atoms with E-state index in [4.69, 9.17) is 16.6 Å². The first-order valence-electron chi connectivity index (χ1n) is 11.0. The van der Waals surface area contributed by atoms with Crippen molar-refractivity contribution in [2.45, 2.75) is 39.0 Å². The van der Waals surface area contributed by atoms with Gasteiger partial charge in [0.2, 0.25) is 5.95 Å². The molecule has 1 N–H and O–H groups in total. The number of likely N-dealkylation sites (tertiary alicyclic amines) is 1. The molecule has 0 unspecified atom stereocenters. The van der Waals surface area contributed by atoms with Crippen molar-refractivity contribution in [3.63, 3.8) is 0 Å². The van der Waals surface area contributed by atoms with Crippen LogP contribution in [0.25, 0.3) is 5.70 Å². The van der Waals surface area contributed by atoms with Crippen LogP contribution in [0.3, 0.4) is 0 Å². The van der Waals surface area contributed by atoms with Crippen molar-refractivity contribution < 1.29 is 4.79 Å². The van der Waals surface area contributed by atoms with E-state index >= 15 is 0 Å². The molecule has 2 aliphatic heterocycles. The number of pyridine rings is 1. The predicted octanol–water partition coefficient (Wildman–Crippen LogP) is 4.00. The van der Waals surface area contributed by atoms with E-state index in [1.807, 2.05) is 13.1 Å². The van der Waals surface area contributed by atoms with Crippen LogP contribution in [0, 0.1) is 6.92 Å². The number of hydrogen-bond donors (Lipinski definition) is 1.